The Bertz CT molecular complexity index is 495. The van der Waals surface area contributed by atoms with Gasteiger partial charge < -0.3 is 5.11 Å². The molecule has 1 atom stereocenters. The van der Waals surface area contributed by atoms with Crippen molar-refractivity contribution in [2.75, 3.05) is 0 Å². The molecule has 0 saturated heterocycles. The van der Waals surface area contributed by atoms with E-state index in [9.17, 15) is 9.50 Å². The van der Waals surface area contributed by atoms with Gasteiger partial charge in [0.1, 0.15) is 11.9 Å². The zero-order valence-electron chi connectivity index (χ0n) is 10.3. The van der Waals surface area contributed by atoms with Crippen LogP contribution in [0.3, 0.4) is 0 Å². The van der Waals surface area contributed by atoms with Gasteiger partial charge in [0.2, 0.25) is 0 Å². The third kappa shape index (κ3) is 2.92. The fourth-order valence-corrected chi connectivity index (χ4v) is 1.86. The standard InChI is InChI=1S/C13H16FN3O/c1-2-7-17-12(9-15-16-17)13(18)8-10-3-5-11(14)6-4-10/h3-6,9,13,18H,2,7-8H2,1H3. The van der Waals surface area contributed by atoms with Crippen LogP contribution in [0.25, 0.3) is 0 Å². The molecule has 2 aromatic rings. The monoisotopic (exact) mass is 249 g/mol. The molecule has 1 aromatic carbocycles. The summed E-state index contributed by atoms with van der Waals surface area (Å²) in [5, 5.41) is 17.9. The number of aliphatic hydroxyl groups is 1. The molecular weight excluding hydrogens is 233 g/mol. The van der Waals surface area contributed by atoms with E-state index in [4.69, 9.17) is 0 Å². The zero-order chi connectivity index (χ0) is 13.0. The molecule has 0 bridgehead atoms. The molecule has 0 spiro atoms. The van der Waals surface area contributed by atoms with Crippen molar-refractivity contribution in [3.05, 3.63) is 47.5 Å². The summed E-state index contributed by atoms with van der Waals surface area (Å²) in [6, 6.07) is 6.13. The van der Waals surface area contributed by atoms with Crippen LogP contribution in [0.15, 0.2) is 30.5 Å². The van der Waals surface area contributed by atoms with Crippen molar-refractivity contribution in [2.45, 2.75) is 32.4 Å². The molecule has 5 heteroatoms. The van der Waals surface area contributed by atoms with E-state index in [1.807, 2.05) is 6.92 Å². The van der Waals surface area contributed by atoms with Gasteiger partial charge in [-0.3, -0.25) is 0 Å². The minimum atomic E-state index is -0.669. The predicted molar refractivity (Wildman–Crippen MR) is 65.4 cm³/mol. The van der Waals surface area contributed by atoms with Crippen LogP contribution in [0.5, 0.6) is 0 Å². The van der Waals surface area contributed by atoms with E-state index in [0.29, 0.717) is 12.1 Å². The van der Waals surface area contributed by atoms with Gasteiger partial charge in [0.25, 0.3) is 0 Å². The number of rotatable bonds is 5. The molecule has 2 rings (SSSR count). The smallest absolute Gasteiger partial charge is 0.123 e. The molecule has 0 fully saturated rings. The number of hydrogen-bond acceptors (Lipinski definition) is 3. The lowest BCUT2D eigenvalue weighted by Gasteiger charge is -2.12. The molecule has 1 aromatic heterocycles. The minimum absolute atomic E-state index is 0.272. The van der Waals surface area contributed by atoms with Gasteiger partial charge in [-0.1, -0.05) is 24.3 Å². The van der Waals surface area contributed by atoms with Gasteiger partial charge in [0, 0.05) is 13.0 Å². The highest BCUT2D eigenvalue weighted by atomic mass is 19.1. The Labute approximate surface area is 105 Å². The van der Waals surface area contributed by atoms with E-state index < -0.39 is 6.10 Å². The van der Waals surface area contributed by atoms with Crippen molar-refractivity contribution in [2.24, 2.45) is 0 Å². The first-order valence-electron chi connectivity index (χ1n) is 6.01. The van der Waals surface area contributed by atoms with Crippen LogP contribution in [0.1, 0.15) is 30.7 Å². The first-order chi connectivity index (χ1) is 8.70. The Morgan fingerprint density at radius 1 is 1.33 bits per heavy atom. The number of halogens is 1. The normalized spacial score (nSPS) is 12.6. The number of aromatic nitrogens is 3. The van der Waals surface area contributed by atoms with E-state index in [-0.39, 0.29) is 5.82 Å². The van der Waals surface area contributed by atoms with Gasteiger partial charge in [-0.15, -0.1) is 5.10 Å². The highest BCUT2D eigenvalue weighted by Gasteiger charge is 2.14. The van der Waals surface area contributed by atoms with Crippen LogP contribution >= 0.6 is 0 Å². The third-order valence-corrected chi connectivity index (χ3v) is 2.77. The lowest BCUT2D eigenvalue weighted by molar-refractivity contribution is 0.166. The van der Waals surface area contributed by atoms with Gasteiger partial charge in [-0.25, -0.2) is 9.07 Å². The molecule has 4 nitrogen and oxygen atoms in total. The summed E-state index contributed by atoms with van der Waals surface area (Å²) in [4.78, 5) is 0. The summed E-state index contributed by atoms with van der Waals surface area (Å²) >= 11 is 0. The lowest BCUT2D eigenvalue weighted by atomic mass is 10.1. The summed E-state index contributed by atoms with van der Waals surface area (Å²) in [6.07, 6.45) is 2.26. The maximum absolute atomic E-state index is 12.8. The second-order valence-electron chi connectivity index (χ2n) is 4.23. The molecule has 0 aliphatic rings. The average molecular weight is 249 g/mol. The molecule has 1 N–H and O–H groups in total. The number of nitrogens with zero attached hydrogens (tertiary/aromatic N) is 3. The van der Waals surface area contributed by atoms with Gasteiger partial charge in [0.15, 0.2) is 0 Å². The van der Waals surface area contributed by atoms with E-state index in [1.165, 1.54) is 12.1 Å². The Hall–Kier alpha value is -1.75. The maximum Gasteiger partial charge on any atom is 0.123 e. The second kappa shape index (κ2) is 5.73. The summed E-state index contributed by atoms with van der Waals surface area (Å²) in [5.41, 5.74) is 1.58. The van der Waals surface area contributed by atoms with E-state index in [0.717, 1.165) is 18.5 Å². The Kier molecular flexibility index (Phi) is 4.04. The van der Waals surface area contributed by atoms with Gasteiger partial charge >= 0.3 is 0 Å². The van der Waals surface area contributed by atoms with Crippen molar-refractivity contribution in [3.8, 4) is 0 Å². The Morgan fingerprint density at radius 3 is 2.72 bits per heavy atom. The summed E-state index contributed by atoms with van der Waals surface area (Å²) in [5.74, 6) is -0.272. The summed E-state index contributed by atoms with van der Waals surface area (Å²) < 4.78 is 14.5. The van der Waals surface area contributed by atoms with E-state index >= 15 is 0 Å². The third-order valence-electron chi connectivity index (χ3n) is 2.77. The molecule has 1 unspecified atom stereocenters. The first kappa shape index (κ1) is 12.7. The van der Waals surface area contributed by atoms with Crippen LogP contribution in [0, 0.1) is 5.82 Å². The average Bonchev–Trinajstić information content (AvgIpc) is 2.81. The van der Waals surface area contributed by atoms with Crippen molar-refractivity contribution < 1.29 is 9.50 Å². The summed E-state index contributed by atoms with van der Waals surface area (Å²) in [7, 11) is 0. The number of aryl methyl sites for hydroxylation is 1. The topological polar surface area (TPSA) is 50.9 Å². The Balaban J connectivity index is 2.09. The van der Waals surface area contributed by atoms with E-state index in [1.54, 1.807) is 23.0 Å². The van der Waals surface area contributed by atoms with E-state index in [2.05, 4.69) is 10.3 Å². The first-order valence-corrected chi connectivity index (χ1v) is 6.01. The van der Waals surface area contributed by atoms with Gasteiger partial charge in [0.05, 0.1) is 11.9 Å². The fourth-order valence-electron chi connectivity index (χ4n) is 1.86. The SMILES string of the molecule is CCCn1nncc1C(O)Cc1ccc(F)cc1. The predicted octanol–water partition coefficient (Wildman–Crippen LogP) is 2.10. The molecule has 0 aliphatic heterocycles. The van der Waals surface area contributed by atoms with Crippen LogP contribution < -0.4 is 0 Å². The molecule has 96 valence electrons. The van der Waals surface area contributed by atoms with Crippen molar-refractivity contribution in [1.29, 1.82) is 0 Å². The lowest BCUT2D eigenvalue weighted by Crippen LogP contribution is -2.11. The quantitative estimate of drug-likeness (QED) is 0.882. The second-order valence-corrected chi connectivity index (χ2v) is 4.23. The largest absolute Gasteiger partial charge is 0.386 e. The zero-order valence-corrected chi connectivity index (χ0v) is 10.3. The van der Waals surface area contributed by atoms with Crippen molar-refractivity contribution in [3.63, 3.8) is 0 Å². The highest BCUT2D eigenvalue weighted by Crippen LogP contribution is 2.17. The molecular formula is C13H16FN3O. The fraction of sp³-hybridized carbons (Fsp3) is 0.385. The highest BCUT2D eigenvalue weighted by molar-refractivity contribution is 5.18. The van der Waals surface area contributed by atoms with Crippen LogP contribution in [-0.2, 0) is 13.0 Å². The van der Waals surface area contributed by atoms with Gasteiger partial charge in [-0.05, 0) is 24.1 Å². The molecule has 0 amide bonds. The summed E-state index contributed by atoms with van der Waals surface area (Å²) in [6.45, 7) is 2.77. The maximum atomic E-state index is 12.8. The van der Waals surface area contributed by atoms with Crippen molar-refractivity contribution >= 4 is 0 Å². The Morgan fingerprint density at radius 2 is 2.06 bits per heavy atom. The molecule has 18 heavy (non-hydrogen) atoms. The van der Waals surface area contributed by atoms with Crippen molar-refractivity contribution in [1.82, 2.24) is 15.0 Å². The molecule has 0 aliphatic carbocycles. The van der Waals surface area contributed by atoms with Crippen LogP contribution in [0.2, 0.25) is 0 Å². The number of hydrogen-bond donors (Lipinski definition) is 1. The van der Waals surface area contributed by atoms with Gasteiger partial charge in [-0.2, -0.15) is 0 Å². The van der Waals surface area contributed by atoms with Crippen LogP contribution in [0.4, 0.5) is 4.39 Å². The molecule has 0 radical (unpaired) electrons. The number of aliphatic hydroxyl groups excluding tert-OH is 1. The van der Waals surface area contributed by atoms with Crippen LogP contribution in [-0.4, -0.2) is 20.1 Å². The molecule has 0 saturated carbocycles. The minimum Gasteiger partial charge on any atom is -0.386 e. The number of benzene rings is 1. The molecule has 1 heterocycles.